The van der Waals surface area contributed by atoms with Crippen LogP contribution in [-0.2, 0) is 4.57 Å². The van der Waals surface area contributed by atoms with E-state index in [1.807, 2.05) is 66.7 Å². The summed E-state index contributed by atoms with van der Waals surface area (Å²) < 4.78 is 15.1. The molecule has 0 saturated heterocycles. The third kappa shape index (κ3) is 6.39. The molecule has 3 aromatic carbocycles. The molecule has 0 saturated carbocycles. The summed E-state index contributed by atoms with van der Waals surface area (Å²) in [5.41, 5.74) is 1.18. The zero-order valence-corrected chi connectivity index (χ0v) is 22.3. The van der Waals surface area contributed by atoms with Crippen LogP contribution in [0, 0.1) is 5.41 Å². The first kappa shape index (κ1) is 26.2. The predicted octanol–water partition coefficient (Wildman–Crippen LogP) is 8.37. The van der Waals surface area contributed by atoms with Gasteiger partial charge in [0.15, 0.2) is 7.14 Å². The number of hydrogen-bond acceptors (Lipinski definition) is 1. The maximum absolute atomic E-state index is 15.1. The highest BCUT2D eigenvalue weighted by molar-refractivity contribution is 7.85. The average Bonchev–Trinajstić information content (AvgIpc) is 2.85. The minimum atomic E-state index is -3.03. The molecule has 0 aromatic heterocycles. The van der Waals surface area contributed by atoms with Crippen molar-refractivity contribution in [1.29, 1.82) is 0 Å². The van der Waals surface area contributed by atoms with E-state index < -0.39 is 7.14 Å². The molecule has 0 aliphatic carbocycles. The van der Waals surface area contributed by atoms with Gasteiger partial charge in [0.2, 0.25) is 0 Å². The molecule has 0 radical (unpaired) electrons. The van der Waals surface area contributed by atoms with Gasteiger partial charge < -0.3 is 4.57 Å². The summed E-state index contributed by atoms with van der Waals surface area (Å²) in [7, 11) is -3.03. The smallest absolute Gasteiger partial charge is 0.171 e. The Labute approximate surface area is 207 Å². The van der Waals surface area contributed by atoms with Gasteiger partial charge in [-0.25, -0.2) is 0 Å². The number of unbranched alkanes of at least 4 members (excludes halogenated alkanes) is 5. The summed E-state index contributed by atoms with van der Waals surface area (Å²) in [5, 5.41) is 2.74. The van der Waals surface area contributed by atoms with E-state index in [0.29, 0.717) is 0 Å². The fourth-order valence-electron chi connectivity index (χ4n) is 4.70. The van der Waals surface area contributed by atoms with Gasteiger partial charge in [0, 0.05) is 21.8 Å². The van der Waals surface area contributed by atoms with Gasteiger partial charge in [-0.3, -0.25) is 0 Å². The molecule has 0 bridgehead atoms. The molecular weight excluding hydrogens is 431 g/mol. The summed E-state index contributed by atoms with van der Waals surface area (Å²) in [4.78, 5) is 0. The van der Waals surface area contributed by atoms with Crippen molar-refractivity contribution in [2.24, 2.45) is 5.41 Å². The van der Waals surface area contributed by atoms with Crippen LogP contribution in [0.5, 0.6) is 0 Å². The van der Waals surface area contributed by atoms with Crippen molar-refractivity contribution in [3.05, 3.63) is 103 Å². The maximum atomic E-state index is 15.1. The second kappa shape index (κ2) is 12.4. The van der Waals surface area contributed by atoms with Crippen LogP contribution < -0.4 is 15.9 Å². The highest BCUT2D eigenvalue weighted by Crippen LogP contribution is 2.47. The molecule has 0 amide bonds. The quantitative estimate of drug-likeness (QED) is 0.156. The number of hydrogen-bond donors (Lipinski definition) is 0. The minimum Gasteiger partial charge on any atom is -0.309 e. The zero-order chi connectivity index (χ0) is 24.4. The molecule has 2 heteroatoms. The molecule has 0 spiro atoms. The van der Waals surface area contributed by atoms with Crippen molar-refractivity contribution in [3.8, 4) is 0 Å². The molecule has 3 rings (SSSR count). The van der Waals surface area contributed by atoms with E-state index in [0.717, 1.165) is 22.3 Å². The normalized spacial score (nSPS) is 13.3. The van der Waals surface area contributed by atoms with Crippen LogP contribution in [0.15, 0.2) is 97.1 Å². The molecule has 1 atom stereocenters. The van der Waals surface area contributed by atoms with Gasteiger partial charge in [-0.2, -0.15) is 0 Å². The molecule has 0 aliphatic heterocycles. The lowest BCUT2D eigenvalue weighted by Gasteiger charge is -2.32. The fraction of sp³-hybridized carbons (Fsp3) is 0.375. The van der Waals surface area contributed by atoms with Crippen LogP contribution >= 0.6 is 7.14 Å². The Bertz CT molecular complexity index is 1030. The standard InChI is InChI=1S/C32H41OP/c1-5-6-7-8-9-10-17-25-30(32(2,3)4)29-24-18-19-26-31(29)34(33,27-20-13-11-14-21-27)28-22-15-12-16-23-28/h11-26,30H,5-10H2,1-4H3/b25-17-. The molecule has 180 valence electrons. The van der Waals surface area contributed by atoms with Gasteiger partial charge >= 0.3 is 0 Å². The SMILES string of the molecule is CCCCCCC/C=C\C(c1ccccc1P(=O)(c1ccccc1)c1ccccc1)C(C)(C)C. The monoisotopic (exact) mass is 472 g/mol. The van der Waals surface area contributed by atoms with Crippen LogP contribution in [0.3, 0.4) is 0 Å². The molecule has 0 N–H and O–H groups in total. The molecule has 0 heterocycles. The molecular formula is C32H41OP. The summed E-state index contributed by atoms with van der Waals surface area (Å²) in [6, 6.07) is 28.4. The van der Waals surface area contributed by atoms with E-state index in [1.165, 1.54) is 37.7 Å². The highest BCUT2D eigenvalue weighted by atomic mass is 31.2. The summed E-state index contributed by atoms with van der Waals surface area (Å²) >= 11 is 0. The van der Waals surface area contributed by atoms with Crippen molar-refractivity contribution in [2.75, 3.05) is 0 Å². The van der Waals surface area contributed by atoms with Gasteiger partial charge in [-0.05, 0) is 23.8 Å². The lowest BCUT2D eigenvalue weighted by Crippen LogP contribution is -2.30. The molecule has 1 unspecified atom stereocenters. The number of benzene rings is 3. The third-order valence-corrected chi connectivity index (χ3v) is 9.72. The maximum Gasteiger partial charge on any atom is 0.171 e. The zero-order valence-electron chi connectivity index (χ0n) is 21.4. The van der Waals surface area contributed by atoms with Crippen LogP contribution in [-0.4, -0.2) is 0 Å². The molecule has 3 aromatic rings. The molecule has 1 nitrogen and oxygen atoms in total. The van der Waals surface area contributed by atoms with E-state index in [-0.39, 0.29) is 11.3 Å². The molecule has 0 aliphatic rings. The Morgan fingerprint density at radius 2 is 1.26 bits per heavy atom. The molecule has 34 heavy (non-hydrogen) atoms. The highest BCUT2D eigenvalue weighted by Gasteiger charge is 2.35. The van der Waals surface area contributed by atoms with Gasteiger partial charge in [-0.1, -0.05) is 150 Å². The molecule has 0 fully saturated rings. The minimum absolute atomic E-state index is 0.00696. The van der Waals surface area contributed by atoms with E-state index in [4.69, 9.17) is 0 Å². The van der Waals surface area contributed by atoms with Crippen LogP contribution in [0.25, 0.3) is 0 Å². The Morgan fingerprint density at radius 3 is 1.82 bits per heavy atom. The predicted molar refractivity (Wildman–Crippen MR) is 151 cm³/mol. The average molecular weight is 473 g/mol. The summed E-state index contributed by atoms with van der Waals surface area (Å²) in [5.74, 6) is 0.181. The second-order valence-corrected chi connectivity index (χ2v) is 13.0. The van der Waals surface area contributed by atoms with E-state index in [2.05, 4.69) is 58.0 Å². The first-order chi connectivity index (χ1) is 16.4. The van der Waals surface area contributed by atoms with Gasteiger partial charge in [0.05, 0.1) is 0 Å². The Kier molecular flexibility index (Phi) is 9.54. The second-order valence-electron chi connectivity index (χ2n) is 10.3. The van der Waals surface area contributed by atoms with Crippen molar-refractivity contribution in [1.82, 2.24) is 0 Å². The third-order valence-electron chi connectivity index (χ3n) is 6.59. The van der Waals surface area contributed by atoms with E-state index in [9.17, 15) is 0 Å². The van der Waals surface area contributed by atoms with Crippen molar-refractivity contribution >= 4 is 23.1 Å². The van der Waals surface area contributed by atoms with Gasteiger partial charge in [0.25, 0.3) is 0 Å². The Balaban J connectivity index is 2.05. The Morgan fingerprint density at radius 1 is 0.735 bits per heavy atom. The van der Waals surface area contributed by atoms with Gasteiger partial charge in [-0.15, -0.1) is 0 Å². The van der Waals surface area contributed by atoms with Crippen molar-refractivity contribution in [2.45, 2.75) is 72.1 Å². The topological polar surface area (TPSA) is 17.1 Å². The first-order valence-electron chi connectivity index (χ1n) is 12.9. The van der Waals surface area contributed by atoms with Crippen LogP contribution in [0.4, 0.5) is 0 Å². The first-order valence-corrected chi connectivity index (χ1v) is 14.6. The number of rotatable bonds is 11. The van der Waals surface area contributed by atoms with Crippen molar-refractivity contribution in [3.63, 3.8) is 0 Å². The summed E-state index contributed by atoms with van der Waals surface area (Å²) in [6.07, 6.45) is 12.3. The lowest BCUT2D eigenvalue weighted by atomic mass is 9.76. The van der Waals surface area contributed by atoms with Crippen LogP contribution in [0.2, 0.25) is 0 Å². The van der Waals surface area contributed by atoms with E-state index >= 15 is 4.57 Å². The van der Waals surface area contributed by atoms with E-state index in [1.54, 1.807) is 0 Å². The number of allylic oxidation sites excluding steroid dienone is 2. The Hall–Kier alpha value is -2.37. The van der Waals surface area contributed by atoms with Crippen LogP contribution in [0.1, 0.15) is 77.7 Å². The van der Waals surface area contributed by atoms with Crippen molar-refractivity contribution < 1.29 is 4.57 Å². The fourth-order valence-corrected chi connectivity index (χ4v) is 7.61. The summed E-state index contributed by atoms with van der Waals surface area (Å²) in [6.45, 7) is 9.12. The largest absolute Gasteiger partial charge is 0.309 e. The lowest BCUT2D eigenvalue weighted by molar-refractivity contribution is 0.367. The van der Waals surface area contributed by atoms with Gasteiger partial charge in [0.1, 0.15) is 0 Å².